The third-order valence-corrected chi connectivity index (χ3v) is 1.73. The highest BCUT2D eigenvalue weighted by Crippen LogP contribution is 2.05. The first-order chi connectivity index (χ1) is 5.61. The lowest BCUT2D eigenvalue weighted by atomic mass is 9.99. The molecule has 1 unspecified atom stereocenters. The van der Waals surface area contributed by atoms with Crippen LogP contribution < -0.4 is 5.32 Å². The van der Waals surface area contributed by atoms with Crippen molar-refractivity contribution in [1.82, 2.24) is 5.32 Å². The van der Waals surface area contributed by atoms with E-state index in [0.29, 0.717) is 12.2 Å². The minimum absolute atomic E-state index is 0.0128. The van der Waals surface area contributed by atoms with Crippen LogP contribution in [0.2, 0.25) is 0 Å². The molecule has 1 N–H and O–H groups in total. The van der Waals surface area contributed by atoms with Gasteiger partial charge in [0.1, 0.15) is 6.29 Å². The summed E-state index contributed by atoms with van der Waals surface area (Å²) in [5, 5.41) is 2.91. The number of ketones is 1. The van der Waals surface area contributed by atoms with Crippen LogP contribution in [-0.2, 0) is 9.59 Å². The molecule has 0 aliphatic heterocycles. The van der Waals surface area contributed by atoms with E-state index in [9.17, 15) is 9.59 Å². The molecular formula is C9H17NO2. The summed E-state index contributed by atoms with van der Waals surface area (Å²) in [5.74, 6) is 0.458. The fraction of sp³-hybridized carbons (Fsp3) is 0.778. The normalized spacial score (nSPS) is 13.0. The Labute approximate surface area is 73.5 Å². The summed E-state index contributed by atoms with van der Waals surface area (Å²) in [7, 11) is 1.75. The molecule has 0 aromatic rings. The van der Waals surface area contributed by atoms with Gasteiger partial charge in [-0.2, -0.15) is 0 Å². The molecule has 0 saturated carbocycles. The lowest BCUT2D eigenvalue weighted by molar-refractivity contribution is -0.124. The molecule has 0 aromatic heterocycles. The van der Waals surface area contributed by atoms with Gasteiger partial charge in [-0.1, -0.05) is 13.8 Å². The molecule has 0 aliphatic carbocycles. The molecule has 0 fully saturated rings. The van der Waals surface area contributed by atoms with E-state index >= 15 is 0 Å². The van der Waals surface area contributed by atoms with Crippen LogP contribution in [0.5, 0.6) is 0 Å². The van der Waals surface area contributed by atoms with Crippen molar-refractivity contribution in [1.29, 1.82) is 0 Å². The molecule has 0 amide bonds. The average molecular weight is 171 g/mol. The number of aldehydes is 1. The van der Waals surface area contributed by atoms with Crippen molar-refractivity contribution in [2.45, 2.75) is 32.7 Å². The quantitative estimate of drug-likeness (QED) is 0.474. The van der Waals surface area contributed by atoms with Gasteiger partial charge < -0.3 is 10.1 Å². The molecule has 0 saturated heterocycles. The van der Waals surface area contributed by atoms with Crippen LogP contribution in [0.25, 0.3) is 0 Å². The van der Waals surface area contributed by atoms with Crippen LogP contribution in [0.15, 0.2) is 0 Å². The Morgan fingerprint density at radius 3 is 2.42 bits per heavy atom. The number of rotatable bonds is 6. The first-order valence-corrected chi connectivity index (χ1v) is 4.25. The zero-order valence-corrected chi connectivity index (χ0v) is 7.96. The number of carbonyl (C=O) groups excluding carboxylic acids is 2. The second kappa shape index (κ2) is 5.89. The Hall–Kier alpha value is -0.700. The van der Waals surface area contributed by atoms with Gasteiger partial charge in [0.2, 0.25) is 0 Å². The summed E-state index contributed by atoms with van der Waals surface area (Å²) in [6, 6.07) is -0.157. The van der Waals surface area contributed by atoms with Crippen molar-refractivity contribution in [3.63, 3.8) is 0 Å². The highest BCUT2D eigenvalue weighted by Gasteiger charge is 2.16. The summed E-state index contributed by atoms with van der Waals surface area (Å²) in [5.41, 5.74) is 0. The molecular weight excluding hydrogens is 154 g/mol. The second-order valence-corrected chi connectivity index (χ2v) is 3.31. The number of hydrogen-bond acceptors (Lipinski definition) is 3. The third-order valence-electron chi connectivity index (χ3n) is 1.73. The third kappa shape index (κ3) is 4.23. The zero-order valence-electron chi connectivity index (χ0n) is 7.96. The molecule has 0 spiro atoms. The van der Waals surface area contributed by atoms with E-state index in [1.807, 2.05) is 0 Å². The number of hydrogen-bond donors (Lipinski definition) is 1. The summed E-state index contributed by atoms with van der Waals surface area (Å²) >= 11 is 0. The van der Waals surface area contributed by atoms with Crippen LogP contribution in [0, 0.1) is 5.92 Å². The Morgan fingerprint density at radius 2 is 2.08 bits per heavy atom. The molecule has 0 radical (unpaired) electrons. The highest BCUT2D eigenvalue weighted by atomic mass is 16.1. The number of Topliss-reactive ketones (excluding diaryl/α,β-unsaturated/α-hetero) is 1. The van der Waals surface area contributed by atoms with Gasteiger partial charge in [0, 0.05) is 0 Å². The molecule has 0 bridgehead atoms. The maximum atomic E-state index is 11.2. The fourth-order valence-corrected chi connectivity index (χ4v) is 1.11. The summed E-state index contributed by atoms with van der Waals surface area (Å²) in [6.45, 7) is 4.11. The predicted molar refractivity (Wildman–Crippen MR) is 48.0 cm³/mol. The van der Waals surface area contributed by atoms with E-state index in [1.54, 1.807) is 7.05 Å². The highest BCUT2D eigenvalue weighted by molar-refractivity contribution is 5.93. The number of nitrogens with one attached hydrogen (secondary N) is 1. The Morgan fingerprint density at radius 1 is 1.50 bits per heavy atom. The summed E-state index contributed by atoms with van der Waals surface area (Å²) < 4.78 is 0. The second-order valence-electron chi connectivity index (χ2n) is 3.31. The van der Waals surface area contributed by atoms with Crippen molar-refractivity contribution >= 4 is 12.1 Å². The van der Waals surface area contributed by atoms with Gasteiger partial charge in [0.25, 0.3) is 0 Å². The lowest BCUT2D eigenvalue weighted by Crippen LogP contribution is -2.35. The van der Waals surface area contributed by atoms with Crippen molar-refractivity contribution in [3.05, 3.63) is 0 Å². The van der Waals surface area contributed by atoms with Gasteiger partial charge in [-0.15, -0.1) is 0 Å². The minimum Gasteiger partial charge on any atom is -0.311 e. The van der Waals surface area contributed by atoms with E-state index < -0.39 is 0 Å². The standard InChI is InChI=1S/C9H17NO2/c1-7(2)6-8(10-3)9(12)4-5-11/h5,7-8,10H,4,6H2,1-3H3. The van der Waals surface area contributed by atoms with Crippen molar-refractivity contribution in [2.75, 3.05) is 7.05 Å². The van der Waals surface area contributed by atoms with E-state index in [0.717, 1.165) is 6.42 Å². The maximum Gasteiger partial charge on any atom is 0.156 e. The largest absolute Gasteiger partial charge is 0.311 e. The van der Waals surface area contributed by atoms with Crippen LogP contribution in [-0.4, -0.2) is 25.2 Å². The van der Waals surface area contributed by atoms with Crippen molar-refractivity contribution < 1.29 is 9.59 Å². The smallest absolute Gasteiger partial charge is 0.156 e. The number of likely N-dealkylation sites (N-methyl/N-ethyl adjacent to an activating group) is 1. The van der Waals surface area contributed by atoms with Crippen LogP contribution in [0.4, 0.5) is 0 Å². The molecule has 1 atom stereocenters. The van der Waals surface area contributed by atoms with Gasteiger partial charge in [-0.05, 0) is 19.4 Å². The van der Waals surface area contributed by atoms with Gasteiger partial charge in [0.15, 0.2) is 5.78 Å². The molecule has 0 rings (SSSR count). The molecule has 3 nitrogen and oxygen atoms in total. The minimum atomic E-state index is -0.157. The maximum absolute atomic E-state index is 11.2. The van der Waals surface area contributed by atoms with Crippen LogP contribution in [0.3, 0.4) is 0 Å². The molecule has 0 heterocycles. The zero-order chi connectivity index (χ0) is 9.56. The first kappa shape index (κ1) is 11.3. The topological polar surface area (TPSA) is 46.2 Å². The summed E-state index contributed by atoms with van der Waals surface area (Å²) in [4.78, 5) is 21.3. The molecule has 3 heteroatoms. The van der Waals surface area contributed by atoms with Crippen molar-refractivity contribution in [2.24, 2.45) is 5.92 Å². The van der Waals surface area contributed by atoms with Gasteiger partial charge in [-0.25, -0.2) is 0 Å². The van der Waals surface area contributed by atoms with Gasteiger partial charge in [0.05, 0.1) is 12.5 Å². The lowest BCUT2D eigenvalue weighted by Gasteiger charge is -2.15. The SMILES string of the molecule is CNC(CC(C)C)C(=O)CC=O. The fourth-order valence-electron chi connectivity index (χ4n) is 1.11. The molecule has 12 heavy (non-hydrogen) atoms. The van der Waals surface area contributed by atoms with Crippen LogP contribution >= 0.6 is 0 Å². The molecule has 70 valence electrons. The molecule has 0 aromatic carbocycles. The van der Waals surface area contributed by atoms with E-state index in [1.165, 1.54) is 0 Å². The Balaban J connectivity index is 3.95. The first-order valence-electron chi connectivity index (χ1n) is 4.25. The van der Waals surface area contributed by atoms with Crippen LogP contribution in [0.1, 0.15) is 26.7 Å². The monoisotopic (exact) mass is 171 g/mol. The Kier molecular flexibility index (Phi) is 5.54. The van der Waals surface area contributed by atoms with Gasteiger partial charge in [-0.3, -0.25) is 4.79 Å². The number of carbonyl (C=O) groups is 2. The Bertz CT molecular complexity index is 155. The van der Waals surface area contributed by atoms with Crippen molar-refractivity contribution in [3.8, 4) is 0 Å². The molecule has 0 aliphatic rings. The van der Waals surface area contributed by atoms with E-state index in [4.69, 9.17) is 0 Å². The average Bonchev–Trinajstić information content (AvgIpc) is 2.00. The summed E-state index contributed by atoms with van der Waals surface area (Å²) in [6.07, 6.45) is 1.48. The predicted octanol–water partition coefficient (Wildman–Crippen LogP) is 0.779. The van der Waals surface area contributed by atoms with E-state index in [2.05, 4.69) is 19.2 Å². The van der Waals surface area contributed by atoms with Gasteiger partial charge >= 0.3 is 0 Å². The van der Waals surface area contributed by atoms with E-state index in [-0.39, 0.29) is 18.2 Å².